The van der Waals surface area contributed by atoms with Crippen LogP contribution in [0.1, 0.15) is 36.6 Å². The van der Waals surface area contributed by atoms with Gasteiger partial charge in [0.15, 0.2) is 18.4 Å². The van der Waals surface area contributed by atoms with Gasteiger partial charge in [0, 0.05) is 44.8 Å². The third-order valence-electron chi connectivity index (χ3n) is 3.02. The Labute approximate surface area is 141 Å². The van der Waals surface area contributed by atoms with Crippen LogP contribution in [-0.2, 0) is 32.7 Å². The maximum absolute atomic E-state index is 2.20. The van der Waals surface area contributed by atoms with Crippen LogP contribution in [0.2, 0.25) is 0 Å². The maximum atomic E-state index is 2.20. The zero-order chi connectivity index (χ0) is 13.0. The zero-order valence-electron chi connectivity index (χ0n) is 11.9. The minimum absolute atomic E-state index is 0. The van der Waals surface area contributed by atoms with Crippen molar-refractivity contribution in [3.05, 3.63) is 65.5 Å². The van der Waals surface area contributed by atoms with Gasteiger partial charge in [0.05, 0.1) is 0 Å². The van der Waals surface area contributed by atoms with Gasteiger partial charge in [0.2, 0.25) is 0 Å². The van der Waals surface area contributed by atoms with Crippen molar-refractivity contribution >= 4 is 12.2 Å². The summed E-state index contributed by atoms with van der Waals surface area (Å²) < 4.78 is 2.20. The topological polar surface area (TPSA) is 3.88 Å². The summed E-state index contributed by atoms with van der Waals surface area (Å²) >= 11 is 0. The van der Waals surface area contributed by atoms with E-state index in [-0.39, 0.29) is 32.7 Å². The molecule has 0 unspecified atom stereocenters. The molecule has 19 heavy (non-hydrogen) atoms. The summed E-state index contributed by atoms with van der Waals surface area (Å²) in [7, 11) is 0. The molecule has 1 aromatic heterocycles. The fraction of sp³-hybridized carbons (Fsp3) is 0.235. The van der Waals surface area contributed by atoms with E-state index in [0.29, 0.717) is 6.04 Å². The number of aryl methyl sites for hydroxylation is 1. The zero-order valence-corrected chi connectivity index (χ0v) is 14.7. The standard InChI is InChI=1S/C17H20N.Y/c1-14(2)18-12-10-17(11-13-18)9-8-16-6-4-15(3)5-7-16;/h4-14H,1-3H3;/q+1;. The van der Waals surface area contributed by atoms with Crippen LogP contribution in [0.3, 0.4) is 0 Å². The van der Waals surface area contributed by atoms with Gasteiger partial charge in [-0.3, -0.25) is 0 Å². The molecule has 95 valence electrons. The molecular formula is C17H20NY+. The van der Waals surface area contributed by atoms with Crippen LogP contribution in [0.25, 0.3) is 12.2 Å². The summed E-state index contributed by atoms with van der Waals surface area (Å²) in [5, 5.41) is 0. The molecule has 0 aliphatic carbocycles. The molecule has 0 saturated carbocycles. The van der Waals surface area contributed by atoms with Crippen LogP contribution in [0.15, 0.2) is 48.8 Å². The van der Waals surface area contributed by atoms with Gasteiger partial charge in [-0.05, 0) is 31.9 Å². The Kier molecular flexibility index (Phi) is 6.61. The molecule has 0 aliphatic rings. The van der Waals surface area contributed by atoms with Gasteiger partial charge >= 0.3 is 0 Å². The average Bonchev–Trinajstić information content (AvgIpc) is 2.38. The van der Waals surface area contributed by atoms with E-state index >= 15 is 0 Å². The van der Waals surface area contributed by atoms with Gasteiger partial charge in [-0.1, -0.05) is 42.0 Å². The molecule has 1 radical (unpaired) electrons. The molecule has 0 saturated heterocycles. The smallest absolute Gasteiger partial charge is 0.169 e. The molecule has 0 atom stereocenters. The number of hydrogen-bond donors (Lipinski definition) is 0. The van der Waals surface area contributed by atoms with Gasteiger partial charge in [0.25, 0.3) is 0 Å². The largest absolute Gasteiger partial charge is 0.203 e. The molecule has 0 N–H and O–H groups in total. The van der Waals surface area contributed by atoms with E-state index in [0.717, 1.165) is 0 Å². The van der Waals surface area contributed by atoms with Crippen molar-refractivity contribution in [1.29, 1.82) is 0 Å². The number of aromatic nitrogens is 1. The monoisotopic (exact) mass is 327 g/mol. The summed E-state index contributed by atoms with van der Waals surface area (Å²) in [6.45, 7) is 6.47. The summed E-state index contributed by atoms with van der Waals surface area (Å²) in [6.07, 6.45) is 8.54. The summed E-state index contributed by atoms with van der Waals surface area (Å²) in [6, 6.07) is 13.4. The van der Waals surface area contributed by atoms with Gasteiger partial charge in [0.1, 0.15) is 0 Å². The van der Waals surface area contributed by atoms with E-state index < -0.39 is 0 Å². The van der Waals surface area contributed by atoms with Gasteiger partial charge in [-0.15, -0.1) is 0 Å². The SMILES string of the molecule is Cc1ccc(C=Cc2cc[n+](C(C)C)cc2)cc1.[Y]. The molecule has 0 spiro atoms. The van der Waals surface area contributed by atoms with Crippen molar-refractivity contribution in [2.24, 2.45) is 0 Å². The molecule has 2 rings (SSSR count). The Morgan fingerprint density at radius 1 is 0.842 bits per heavy atom. The molecule has 1 heterocycles. The fourth-order valence-corrected chi connectivity index (χ4v) is 1.77. The van der Waals surface area contributed by atoms with E-state index in [4.69, 9.17) is 0 Å². The van der Waals surface area contributed by atoms with Crippen molar-refractivity contribution in [3.63, 3.8) is 0 Å². The number of pyridine rings is 1. The third kappa shape index (κ3) is 5.01. The van der Waals surface area contributed by atoms with Crippen molar-refractivity contribution in [2.75, 3.05) is 0 Å². The predicted molar refractivity (Wildman–Crippen MR) is 77.1 cm³/mol. The van der Waals surface area contributed by atoms with E-state index in [1.54, 1.807) is 0 Å². The molecule has 0 fully saturated rings. The number of rotatable bonds is 3. The summed E-state index contributed by atoms with van der Waals surface area (Å²) in [5.74, 6) is 0. The first-order valence-corrected chi connectivity index (χ1v) is 6.41. The van der Waals surface area contributed by atoms with E-state index in [9.17, 15) is 0 Å². The Bertz CT molecular complexity index is 524. The van der Waals surface area contributed by atoms with Crippen molar-refractivity contribution < 1.29 is 37.3 Å². The van der Waals surface area contributed by atoms with E-state index in [1.807, 2.05) is 0 Å². The molecule has 1 aromatic carbocycles. The Morgan fingerprint density at radius 3 is 1.79 bits per heavy atom. The molecule has 0 bridgehead atoms. The molecule has 2 heteroatoms. The van der Waals surface area contributed by atoms with E-state index in [1.165, 1.54) is 16.7 Å². The molecule has 2 aromatic rings. The number of nitrogens with zero attached hydrogens (tertiary/aromatic N) is 1. The second-order valence-corrected chi connectivity index (χ2v) is 4.92. The normalized spacial score (nSPS) is 10.7. The second kappa shape index (κ2) is 7.72. The molecule has 0 amide bonds. The number of hydrogen-bond acceptors (Lipinski definition) is 0. The Morgan fingerprint density at radius 2 is 1.32 bits per heavy atom. The quantitative estimate of drug-likeness (QED) is 0.750. The minimum atomic E-state index is 0. The molecule has 0 aliphatic heterocycles. The third-order valence-corrected chi connectivity index (χ3v) is 3.02. The van der Waals surface area contributed by atoms with Crippen molar-refractivity contribution in [3.8, 4) is 0 Å². The van der Waals surface area contributed by atoms with Crippen LogP contribution in [-0.4, -0.2) is 0 Å². The Balaban J connectivity index is 0.00000180. The van der Waals surface area contributed by atoms with Crippen LogP contribution in [0.5, 0.6) is 0 Å². The van der Waals surface area contributed by atoms with Crippen LogP contribution in [0.4, 0.5) is 0 Å². The Hall–Kier alpha value is -0.786. The maximum Gasteiger partial charge on any atom is 0.169 e. The molecule has 1 nitrogen and oxygen atoms in total. The van der Waals surface area contributed by atoms with Crippen LogP contribution < -0.4 is 4.57 Å². The minimum Gasteiger partial charge on any atom is -0.203 e. The molecular weight excluding hydrogens is 307 g/mol. The first-order chi connectivity index (χ1) is 8.65. The fourth-order valence-electron chi connectivity index (χ4n) is 1.77. The first-order valence-electron chi connectivity index (χ1n) is 6.41. The van der Waals surface area contributed by atoms with E-state index in [2.05, 4.69) is 86.3 Å². The van der Waals surface area contributed by atoms with Gasteiger partial charge in [-0.2, -0.15) is 0 Å². The van der Waals surface area contributed by atoms with Crippen LogP contribution >= 0.6 is 0 Å². The summed E-state index contributed by atoms with van der Waals surface area (Å²) in [4.78, 5) is 0. The summed E-state index contributed by atoms with van der Waals surface area (Å²) in [5.41, 5.74) is 3.76. The first kappa shape index (κ1) is 16.3. The average molecular weight is 327 g/mol. The predicted octanol–water partition coefficient (Wildman–Crippen LogP) is 4.03. The number of benzene rings is 1. The second-order valence-electron chi connectivity index (χ2n) is 4.92. The van der Waals surface area contributed by atoms with Crippen molar-refractivity contribution in [2.45, 2.75) is 26.8 Å². The van der Waals surface area contributed by atoms with Crippen LogP contribution in [0, 0.1) is 6.92 Å². The van der Waals surface area contributed by atoms with Gasteiger partial charge < -0.3 is 0 Å². The van der Waals surface area contributed by atoms with Crippen molar-refractivity contribution in [1.82, 2.24) is 0 Å². The van der Waals surface area contributed by atoms with Gasteiger partial charge in [-0.25, -0.2) is 4.57 Å².